The predicted molar refractivity (Wildman–Crippen MR) is 91.6 cm³/mol. The number of hydrogen-bond donors (Lipinski definition) is 1. The maximum Gasteiger partial charge on any atom is 0.248 e. The van der Waals surface area contributed by atoms with E-state index in [0.717, 1.165) is 42.7 Å². The van der Waals surface area contributed by atoms with Crippen LogP contribution < -0.4 is 10.5 Å². The molecule has 24 heavy (non-hydrogen) atoms. The lowest BCUT2D eigenvalue weighted by molar-refractivity contribution is -0.105. The second-order valence-electron chi connectivity index (χ2n) is 5.63. The van der Waals surface area contributed by atoms with Gasteiger partial charge in [-0.1, -0.05) is 17.9 Å². The van der Waals surface area contributed by atoms with E-state index in [0.29, 0.717) is 5.56 Å². The van der Waals surface area contributed by atoms with Crippen molar-refractivity contribution in [1.29, 1.82) is 0 Å². The zero-order valence-electron chi connectivity index (χ0n) is 13.3. The van der Waals surface area contributed by atoms with Gasteiger partial charge in [0.15, 0.2) is 6.29 Å². The summed E-state index contributed by atoms with van der Waals surface area (Å²) >= 11 is 0. The van der Waals surface area contributed by atoms with Gasteiger partial charge in [0, 0.05) is 23.1 Å². The van der Waals surface area contributed by atoms with Crippen molar-refractivity contribution >= 4 is 5.91 Å². The molecule has 1 unspecified atom stereocenters. The van der Waals surface area contributed by atoms with E-state index in [1.165, 1.54) is 0 Å². The standard InChI is InChI=1S/C20H19NO3/c21-20(22)17-5-3-4-16(14-17)8-7-15-9-11-18(12-10-15)24-19-6-1-2-13-23-19/h3-5,9-12,14,19H,1-2,6,13H2,(H2,21,22). The average Bonchev–Trinajstić information content (AvgIpc) is 2.62. The number of rotatable bonds is 3. The van der Waals surface area contributed by atoms with Gasteiger partial charge in [0.05, 0.1) is 6.61 Å². The summed E-state index contributed by atoms with van der Waals surface area (Å²) in [6.45, 7) is 0.762. The molecule has 3 rings (SSSR count). The molecule has 1 atom stereocenters. The van der Waals surface area contributed by atoms with Crippen LogP contribution in [0.15, 0.2) is 48.5 Å². The second kappa shape index (κ2) is 7.67. The van der Waals surface area contributed by atoms with Gasteiger partial charge in [0.1, 0.15) is 5.75 Å². The summed E-state index contributed by atoms with van der Waals surface area (Å²) in [7, 11) is 0. The molecular weight excluding hydrogens is 302 g/mol. The van der Waals surface area contributed by atoms with Crippen LogP contribution in [0.3, 0.4) is 0 Å². The van der Waals surface area contributed by atoms with Gasteiger partial charge in [-0.2, -0.15) is 0 Å². The first-order valence-electron chi connectivity index (χ1n) is 8.01. The molecule has 1 saturated heterocycles. The van der Waals surface area contributed by atoms with Gasteiger partial charge in [-0.25, -0.2) is 0 Å². The number of carbonyl (C=O) groups is 1. The van der Waals surface area contributed by atoms with E-state index in [4.69, 9.17) is 15.2 Å². The molecular formula is C20H19NO3. The van der Waals surface area contributed by atoms with Crippen molar-refractivity contribution in [2.75, 3.05) is 6.61 Å². The summed E-state index contributed by atoms with van der Waals surface area (Å²) in [4.78, 5) is 11.2. The Morgan fingerprint density at radius 2 is 1.88 bits per heavy atom. The summed E-state index contributed by atoms with van der Waals surface area (Å²) in [5, 5.41) is 0. The molecule has 2 aromatic carbocycles. The van der Waals surface area contributed by atoms with Crippen LogP contribution in [0.2, 0.25) is 0 Å². The summed E-state index contributed by atoms with van der Waals surface area (Å²) in [6, 6.07) is 14.6. The topological polar surface area (TPSA) is 61.6 Å². The molecule has 4 nitrogen and oxygen atoms in total. The van der Waals surface area contributed by atoms with Gasteiger partial charge >= 0.3 is 0 Å². The third-order valence-corrected chi connectivity index (χ3v) is 3.76. The van der Waals surface area contributed by atoms with Gasteiger partial charge in [0.2, 0.25) is 5.91 Å². The molecule has 2 N–H and O–H groups in total. The first kappa shape index (κ1) is 16.1. The van der Waals surface area contributed by atoms with Crippen LogP contribution >= 0.6 is 0 Å². The highest BCUT2D eigenvalue weighted by molar-refractivity contribution is 5.93. The molecule has 0 aromatic heterocycles. The molecule has 4 heteroatoms. The largest absolute Gasteiger partial charge is 0.465 e. The van der Waals surface area contributed by atoms with Crippen molar-refractivity contribution in [3.63, 3.8) is 0 Å². The van der Waals surface area contributed by atoms with Gasteiger partial charge in [0.25, 0.3) is 0 Å². The predicted octanol–water partition coefficient (Wildman–Crippen LogP) is 3.09. The molecule has 122 valence electrons. The lowest BCUT2D eigenvalue weighted by Crippen LogP contribution is -2.24. The van der Waals surface area contributed by atoms with E-state index in [9.17, 15) is 4.79 Å². The Bertz CT molecular complexity index is 765. The monoisotopic (exact) mass is 321 g/mol. The number of benzene rings is 2. The Balaban J connectivity index is 1.66. The maximum atomic E-state index is 11.2. The van der Waals surface area contributed by atoms with Crippen molar-refractivity contribution in [3.05, 3.63) is 65.2 Å². The quantitative estimate of drug-likeness (QED) is 0.884. The third-order valence-electron chi connectivity index (χ3n) is 3.76. The Morgan fingerprint density at radius 1 is 1.08 bits per heavy atom. The molecule has 1 aliphatic rings. The zero-order valence-corrected chi connectivity index (χ0v) is 13.3. The molecule has 0 spiro atoms. The smallest absolute Gasteiger partial charge is 0.248 e. The van der Waals surface area contributed by atoms with Crippen LogP contribution in [0, 0.1) is 11.8 Å². The Kier molecular flexibility index (Phi) is 5.15. The summed E-state index contributed by atoms with van der Waals surface area (Å²) in [5.41, 5.74) is 7.35. The minimum Gasteiger partial charge on any atom is -0.465 e. The number of hydrogen-bond acceptors (Lipinski definition) is 3. The van der Waals surface area contributed by atoms with Gasteiger partial charge < -0.3 is 15.2 Å². The minimum atomic E-state index is -0.454. The normalized spacial score (nSPS) is 16.8. The maximum absolute atomic E-state index is 11.2. The molecule has 1 heterocycles. The molecule has 0 aliphatic carbocycles. The molecule has 1 amide bonds. The zero-order chi connectivity index (χ0) is 16.8. The summed E-state index contributed by atoms with van der Waals surface area (Å²) in [5.74, 6) is 6.43. The number of ether oxygens (including phenoxy) is 2. The Labute approximate surface area is 141 Å². The number of primary amides is 1. The fraction of sp³-hybridized carbons (Fsp3) is 0.250. The van der Waals surface area contributed by atoms with Gasteiger partial charge in [-0.3, -0.25) is 4.79 Å². The van der Waals surface area contributed by atoms with E-state index in [1.807, 2.05) is 30.3 Å². The highest BCUT2D eigenvalue weighted by Gasteiger charge is 2.14. The molecule has 1 aliphatic heterocycles. The van der Waals surface area contributed by atoms with Crippen LogP contribution in [0.1, 0.15) is 40.7 Å². The average molecular weight is 321 g/mol. The van der Waals surface area contributed by atoms with Crippen LogP contribution in [0.5, 0.6) is 5.75 Å². The Hall–Kier alpha value is -2.77. The summed E-state index contributed by atoms with van der Waals surface area (Å²) in [6.07, 6.45) is 3.02. The van der Waals surface area contributed by atoms with Crippen molar-refractivity contribution in [1.82, 2.24) is 0 Å². The number of nitrogens with two attached hydrogens (primary N) is 1. The highest BCUT2D eigenvalue weighted by Crippen LogP contribution is 2.19. The lowest BCUT2D eigenvalue weighted by Gasteiger charge is -2.23. The van der Waals surface area contributed by atoms with E-state index in [1.54, 1.807) is 18.2 Å². The van der Waals surface area contributed by atoms with Crippen LogP contribution in [0.25, 0.3) is 0 Å². The van der Waals surface area contributed by atoms with Crippen LogP contribution in [-0.4, -0.2) is 18.8 Å². The van der Waals surface area contributed by atoms with E-state index < -0.39 is 5.91 Å². The fourth-order valence-electron chi connectivity index (χ4n) is 2.47. The van der Waals surface area contributed by atoms with Crippen molar-refractivity contribution in [3.8, 4) is 17.6 Å². The van der Waals surface area contributed by atoms with E-state index in [-0.39, 0.29) is 6.29 Å². The number of carbonyl (C=O) groups excluding carboxylic acids is 1. The molecule has 0 saturated carbocycles. The highest BCUT2D eigenvalue weighted by atomic mass is 16.7. The first-order chi connectivity index (χ1) is 11.7. The van der Waals surface area contributed by atoms with Crippen molar-refractivity contribution in [2.45, 2.75) is 25.6 Å². The fourth-order valence-corrected chi connectivity index (χ4v) is 2.47. The van der Waals surface area contributed by atoms with Crippen molar-refractivity contribution < 1.29 is 14.3 Å². The number of amides is 1. The minimum absolute atomic E-state index is 0.146. The SMILES string of the molecule is NC(=O)c1cccc(C#Cc2ccc(OC3CCCCO3)cc2)c1. The molecule has 0 bridgehead atoms. The van der Waals surface area contributed by atoms with Gasteiger partial charge in [-0.15, -0.1) is 0 Å². The molecule has 0 radical (unpaired) electrons. The molecule has 1 fully saturated rings. The summed E-state index contributed by atoms with van der Waals surface area (Å²) < 4.78 is 11.4. The van der Waals surface area contributed by atoms with Crippen LogP contribution in [-0.2, 0) is 4.74 Å². The third kappa shape index (κ3) is 4.37. The first-order valence-corrected chi connectivity index (χ1v) is 8.01. The lowest BCUT2D eigenvalue weighted by atomic mass is 10.1. The van der Waals surface area contributed by atoms with E-state index >= 15 is 0 Å². The van der Waals surface area contributed by atoms with Gasteiger partial charge in [-0.05, 0) is 55.3 Å². The van der Waals surface area contributed by atoms with Crippen molar-refractivity contribution in [2.24, 2.45) is 5.73 Å². The van der Waals surface area contributed by atoms with E-state index in [2.05, 4.69) is 11.8 Å². The Morgan fingerprint density at radius 3 is 2.58 bits per heavy atom. The second-order valence-corrected chi connectivity index (χ2v) is 5.63. The van der Waals surface area contributed by atoms with Crippen LogP contribution in [0.4, 0.5) is 0 Å². The molecule has 2 aromatic rings.